The van der Waals surface area contributed by atoms with Crippen LogP contribution in [-0.4, -0.2) is 30.1 Å². The monoisotopic (exact) mass is 684 g/mol. The molecular formula is C27H12Cl2F10N4O2. The number of anilines is 2. The number of hydrogen-bond donors (Lipinski definition) is 2. The number of alkyl halides is 9. The number of benzene rings is 3. The number of hydrogen-bond acceptors (Lipinski definition) is 4. The van der Waals surface area contributed by atoms with Crippen molar-refractivity contribution in [3.63, 3.8) is 0 Å². The smallest absolute Gasteiger partial charge is 0.319 e. The van der Waals surface area contributed by atoms with Gasteiger partial charge >= 0.3 is 23.9 Å². The van der Waals surface area contributed by atoms with Crippen LogP contribution in [0.2, 0.25) is 10.0 Å². The fourth-order valence-electron chi connectivity index (χ4n) is 3.94. The van der Waals surface area contributed by atoms with Crippen molar-refractivity contribution in [1.82, 2.24) is 0 Å². The maximum Gasteiger partial charge on any atom is 0.457 e. The van der Waals surface area contributed by atoms with Crippen LogP contribution in [0.3, 0.4) is 0 Å². The van der Waals surface area contributed by atoms with E-state index in [9.17, 15) is 50.0 Å². The van der Waals surface area contributed by atoms with Gasteiger partial charge in [-0.05, 0) is 48.9 Å². The molecule has 18 heteroatoms. The van der Waals surface area contributed by atoms with Gasteiger partial charge in [-0.15, -0.1) is 0 Å². The molecule has 0 saturated heterocycles. The van der Waals surface area contributed by atoms with Crippen molar-refractivity contribution >= 4 is 46.4 Å². The molecule has 0 spiro atoms. The van der Waals surface area contributed by atoms with Crippen LogP contribution in [0.4, 0.5) is 55.3 Å². The molecule has 0 saturated carbocycles. The topological polar surface area (TPSA) is 106 Å². The van der Waals surface area contributed by atoms with Gasteiger partial charge in [-0.25, -0.2) is 8.78 Å². The number of nitrogens with one attached hydrogen (secondary N) is 2. The Morgan fingerprint density at radius 1 is 0.756 bits per heavy atom. The van der Waals surface area contributed by atoms with Gasteiger partial charge in [0.2, 0.25) is 0 Å². The van der Waals surface area contributed by atoms with Crippen molar-refractivity contribution in [2.24, 2.45) is 0 Å². The van der Waals surface area contributed by atoms with E-state index in [-0.39, 0.29) is 28.8 Å². The molecule has 2 N–H and O–H groups in total. The Morgan fingerprint density at radius 3 is 1.82 bits per heavy atom. The molecule has 0 aliphatic heterocycles. The molecule has 236 valence electrons. The summed E-state index contributed by atoms with van der Waals surface area (Å²) in [6.45, 7) is 1.43. The molecule has 3 aromatic rings. The first-order chi connectivity index (χ1) is 20.6. The summed E-state index contributed by atoms with van der Waals surface area (Å²) in [5, 5.41) is 19.3. The van der Waals surface area contributed by atoms with Gasteiger partial charge < -0.3 is 10.6 Å². The minimum absolute atomic E-state index is 0.0856. The second-order valence-corrected chi connectivity index (χ2v) is 9.81. The van der Waals surface area contributed by atoms with E-state index in [0.717, 1.165) is 6.07 Å². The minimum Gasteiger partial charge on any atom is -0.319 e. The Morgan fingerprint density at radius 2 is 1.31 bits per heavy atom. The fraction of sp³-hybridized carbons (Fsp3) is 0.185. The number of carbonyl (C=O) groups excluding carboxylic acids is 2. The van der Waals surface area contributed by atoms with Crippen molar-refractivity contribution in [2.75, 3.05) is 10.6 Å². The average molecular weight is 685 g/mol. The average Bonchev–Trinajstić information content (AvgIpc) is 2.94. The van der Waals surface area contributed by atoms with Crippen molar-refractivity contribution in [1.29, 1.82) is 10.5 Å². The van der Waals surface area contributed by atoms with Gasteiger partial charge in [0, 0.05) is 11.1 Å². The van der Waals surface area contributed by atoms with E-state index in [1.807, 2.05) is 6.07 Å². The molecular weight excluding hydrogens is 673 g/mol. The molecule has 3 rings (SSSR count). The molecule has 1 atom stereocenters. The molecule has 6 nitrogen and oxygen atoms in total. The van der Waals surface area contributed by atoms with Crippen LogP contribution < -0.4 is 10.6 Å². The number of nitriles is 2. The largest absolute Gasteiger partial charge is 0.457 e. The second kappa shape index (κ2) is 12.1. The summed E-state index contributed by atoms with van der Waals surface area (Å²) < 4.78 is 138. The summed E-state index contributed by atoms with van der Waals surface area (Å²) in [6, 6.07) is 8.64. The number of rotatable bonds is 6. The summed E-state index contributed by atoms with van der Waals surface area (Å²) >= 11 is 11.4. The second-order valence-electron chi connectivity index (χ2n) is 9.02. The van der Waals surface area contributed by atoms with E-state index >= 15 is 8.78 Å². The SMILES string of the molecule is Cc1cc(C#N)ccc1C(=O)Nc1c(C#N)ccc(C(=O)Nc2c(Cl)ccc(C(F)(C(F)(F)F)C(F)(F)C(F)(F)F)c2Cl)c1F. The molecule has 0 heterocycles. The van der Waals surface area contributed by atoms with Crippen molar-refractivity contribution in [3.05, 3.63) is 91.7 Å². The lowest BCUT2D eigenvalue weighted by Crippen LogP contribution is -2.59. The Kier molecular flexibility index (Phi) is 9.39. The normalized spacial score (nSPS) is 13.3. The van der Waals surface area contributed by atoms with Crippen molar-refractivity contribution in [3.8, 4) is 12.1 Å². The van der Waals surface area contributed by atoms with Gasteiger partial charge in [-0.3, -0.25) is 9.59 Å². The lowest BCUT2D eigenvalue weighted by atomic mass is 9.87. The maximum atomic E-state index is 15.5. The first kappa shape index (κ1) is 34.9. The van der Waals surface area contributed by atoms with Gasteiger partial charge in [0.15, 0.2) is 5.82 Å². The number of carbonyl (C=O) groups is 2. The van der Waals surface area contributed by atoms with Crippen LogP contribution in [0.15, 0.2) is 42.5 Å². The fourth-order valence-corrected chi connectivity index (χ4v) is 4.54. The van der Waals surface area contributed by atoms with E-state index < -0.39 is 79.7 Å². The molecule has 0 aliphatic carbocycles. The Balaban J connectivity index is 2.10. The van der Waals surface area contributed by atoms with E-state index in [2.05, 4.69) is 5.32 Å². The summed E-state index contributed by atoms with van der Waals surface area (Å²) in [6.07, 6.45) is -14.0. The number of halogens is 12. The predicted molar refractivity (Wildman–Crippen MR) is 139 cm³/mol. The van der Waals surface area contributed by atoms with Gasteiger partial charge in [0.1, 0.15) is 6.07 Å². The highest BCUT2D eigenvalue weighted by molar-refractivity contribution is 6.40. The maximum absolute atomic E-state index is 15.5. The summed E-state index contributed by atoms with van der Waals surface area (Å²) in [5.74, 6) is -11.4. The standard InChI is InChI=1S/C27H12Cl2F10N4O2/c1-11-8-12(9-40)2-4-14(11)22(44)42-20-13(10-41)3-5-15(19(20)30)23(45)43-21-17(28)7-6-16(18(21)29)24(31,26(34,35)36)25(32,33)27(37,38)39/h2-8H,1H3,(H,42,44)(H,43,45). The Labute approximate surface area is 255 Å². The summed E-state index contributed by atoms with van der Waals surface area (Å²) in [4.78, 5) is 25.8. The van der Waals surface area contributed by atoms with E-state index in [0.29, 0.717) is 6.07 Å². The minimum atomic E-state index is -7.10. The summed E-state index contributed by atoms with van der Waals surface area (Å²) in [5.41, 5.74) is -12.4. The Hall–Kier alpha value is -4.54. The predicted octanol–water partition coefficient (Wildman–Crippen LogP) is 8.61. The number of aryl methyl sites for hydroxylation is 1. The first-order valence-corrected chi connectivity index (χ1v) is 12.4. The van der Waals surface area contributed by atoms with Gasteiger partial charge in [-0.2, -0.15) is 45.6 Å². The van der Waals surface area contributed by atoms with Gasteiger partial charge in [0.05, 0.1) is 44.2 Å². The molecule has 0 bridgehead atoms. The molecule has 0 aromatic heterocycles. The molecule has 45 heavy (non-hydrogen) atoms. The van der Waals surface area contributed by atoms with Crippen LogP contribution in [-0.2, 0) is 5.67 Å². The third kappa shape index (κ3) is 6.08. The van der Waals surface area contributed by atoms with Crippen LogP contribution >= 0.6 is 23.2 Å². The molecule has 0 radical (unpaired) electrons. The van der Waals surface area contributed by atoms with Crippen LogP contribution in [0.5, 0.6) is 0 Å². The lowest BCUT2D eigenvalue weighted by Gasteiger charge is -2.36. The highest BCUT2D eigenvalue weighted by Gasteiger charge is 2.82. The zero-order valence-corrected chi connectivity index (χ0v) is 23.3. The molecule has 0 fully saturated rings. The quantitative estimate of drug-likeness (QED) is 0.254. The van der Waals surface area contributed by atoms with E-state index in [1.54, 1.807) is 11.4 Å². The number of nitrogens with zero attached hydrogens (tertiary/aromatic N) is 2. The van der Waals surface area contributed by atoms with Crippen LogP contribution in [0.1, 0.15) is 43.0 Å². The summed E-state index contributed by atoms with van der Waals surface area (Å²) in [7, 11) is 0. The zero-order chi connectivity index (χ0) is 34.3. The van der Waals surface area contributed by atoms with Gasteiger partial charge in [0.25, 0.3) is 11.8 Å². The molecule has 0 aliphatic rings. The zero-order valence-electron chi connectivity index (χ0n) is 21.8. The molecule has 2 amide bonds. The van der Waals surface area contributed by atoms with E-state index in [4.69, 9.17) is 28.5 Å². The van der Waals surface area contributed by atoms with Gasteiger partial charge in [-0.1, -0.05) is 29.3 Å². The number of amides is 2. The third-order valence-electron chi connectivity index (χ3n) is 6.23. The third-order valence-corrected chi connectivity index (χ3v) is 6.93. The van der Waals surface area contributed by atoms with E-state index in [1.165, 1.54) is 25.1 Å². The lowest BCUT2D eigenvalue weighted by molar-refractivity contribution is -0.389. The van der Waals surface area contributed by atoms with Crippen molar-refractivity contribution in [2.45, 2.75) is 30.9 Å². The highest BCUT2D eigenvalue weighted by atomic mass is 35.5. The van der Waals surface area contributed by atoms with Crippen LogP contribution in [0, 0.1) is 35.4 Å². The van der Waals surface area contributed by atoms with Crippen molar-refractivity contribution < 1.29 is 53.5 Å². The molecule has 1 unspecified atom stereocenters. The molecule has 3 aromatic carbocycles. The van der Waals surface area contributed by atoms with Crippen LogP contribution in [0.25, 0.3) is 0 Å². The first-order valence-electron chi connectivity index (χ1n) is 11.7. The highest BCUT2D eigenvalue weighted by Crippen LogP contribution is 2.60. The Bertz CT molecular complexity index is 1800.